The van der Waals surface area contributed by atoms with E-state index >= 15 is 0 Å². The molecule has 2 fully saturated rings. The second kappa shape index (κ2) is 8.98. The van der Waals surface area contributed by atoms with Gasteiger partial charge in [0.05, 0.1) is 17.6 Å². The molecule has 0 amide bonds. The molecule has 3 N–H and O–H groups in total. The Morgan fingerprint density at radius 3 is 1.98 bits per heavy atom. The summed E-state index contributed by atoms with van der Waals surface area (Å²) in [4.78, 5) is 81.9. The van der Waals surface area contributed by atoms with Crippen LogP contribution in [0.1, 0.15) is 107 Å². The van der Waals surface area contributed by atoms with Gasteiger partial charge in [0, 0.05) is 27.9 Å². The van der Waals surface area contributed by atoms with E-state index in [4.69, 9.17) is 0 Å². The molecule has 1 aromatic rings. The van der Waals surface area contributed by atoms with Gasteiger partial charge < -0.3 is 15.3 Å². The van der Waals surface area contributed by atoms with Gasteiger partial charge in [0.25, 0.3) is 0 Å². The summed E-state index contributed by atoms with van der Waals surface area (Å²) in [5.74, 6) is -12.5. The van der Waals surface area contributed by atoms with Crippen molar-refractivity contribution in [3.63, 3.8) is 0 Å². The number of carbonyl (C=O) groups excluding carboxylic acids is 6. The standard InChI is InChI=1S/C32H40O9/c1-12(2)21-24(36)19(15(5)34)26(38)32(41)27(39)22-25(37)20-18(13(3)30(22,9)28(40)31(21,32)10)16(14(4)33)11-17(23(20)35)29(6,7)8/h11-13,19,21-22,28,35,40-41H,1-10H3/t13-,19?,21?,22?,28-,30+,31+,32+/m1/s1. The van der Waals surface area contributed by atoms with Crippen molar-refractivity contribution >= 4 is 34.7 Å². The molecular formula is C32H40O9. The van der Waals surface area contributed by atoms with Crippen LogP contribution in [0.2, 0.25) is 0 Å². The number of aliphatic hydroxyl groups is 2. The molecule has 0 bridgehead atoms. The number of benzene rings is 1. The van der Waals surface area contributed by atoms with Gasteiger partial charge in [-0.05, 0) is 42.7 Å². The molecule has 0 aromatic heterocycles. The Labute approximate surface area is 239 Å². The molecule has 0 spiro atoms. The van der Waals surface area contributed by atoms with E-state index in [0.717, 1.165) is 6.92 Å². The number of hydrogen-bond acceptors (Lipinski definition) is 9. The minimum Gasteiger partial charge on any atom is -0.507 e. The summed E-state index contributed by atoms with van der Waals surface area (Å²) < 4.78 is 0. The molecule has 8 atom stereocenters. The highest BCUT2D eigenvalue weighted by molar-refractivity contribution is 6.33. The third-order valence-corrected chi connectivity index (χ3v) is 10.5. The van der Waals surface area contributed by atoms with Gasteiger partial charge in [-0.25, -0.2) is 0 Å². The Balaban J connectivity index is 2.14. The van der Waals surface area contributed by atoms with Crippen LogP contribution in [0, 0.1) is 34.5 Å². The number of aromatic hydroxyl groups is 1. The van der Waals surface area contributed by atoms with Crippen molar-refractivity contribution in [2.75, 3.05) is 0 Å². The molecule has 3 unspecified atom stereocenters. The molecule has 41 heavy (non-hydrogen) atoms. The molecule has 3 aliphatic carbocycles. The maximum Gasteiger partial charge on any atom is 0.191 e. The van der Waals surface area contributed by atoms with Gasteiger partial charge in [0.2, 0.25) is 0 Å². The van der Waals surface area contributed by atoms with Crippen LogP contribution in [0.3, 0.4) is 0 Å². The molecule has 222 valence electrons. The normalized spacial score (nSPS) is 37.0. The molecule has 9 heteroatoms. The maximum absolute atomic E-state index is 14.5. The first-order valence-electron chi connectivity index (χ1n) is 14.0. The lowest BCUT2D eigenvalue weighted by Crippen LogP contribution is -2.82. The van der Waals surface area contributed by atoms with Crippen LogP contribution in [0.4, 0.5) is 0 Å². The van der Waals surface area contributed by atoms with E-state index in [0.29, 0.717) is 5.56 Å². The quantitative estimate of drug-likeness (QED) is 0.367. The molecule has 9 nitrogen and oxygen atoms in total. The molecule has 4 rings (SSSR count). The fraction of sp³-hybridized carbons (Fsp3) is 0.625. The van der Waals surface area contributed by atoms with Crippen LogP contribution in [-0.2, 0) is 24.6 Å². The summed E-state index contributed by atoms with van der Waals surface area (Å²) in [5, 5.41) is 35.9. The molecule has 0 aliphatic heterocycles. The SMILES string of the molecule is CC(=O)c1cc(C(C)(C)C)c(O)c2c1[C@@H](C)[C@@]1(C)C(C2=O)C(=O)[C@@]2(O)C(=O)C(C(C)=O)C(=O)C(C(C)C)[C@@]2(C)[C@@H]1O. The number of Topliss-reactive ketones (excluding diaryl/α,β-unsaturated/α-hetero) is 6. The summed E-state index contributed by atoms with van der Waals surface area (Å²) in [6.45, 7) is 15.4. The van der Waals surface area contributed by atoms with Crippen LogP contribution in [0.15, 0.2) is 6.07 Å². The van der Waals surface area contributed by atoms with Gasteiger partial charge in [-0.2, -0.15) is 0 Å². The van der Waals surface area contributed by atoms with Gasteiger partial charge in [-0.15, -0.1) is 0 Å². The molecule has 2 saturated carbocycles. The summed E-state index contributed by atoms with van der Waals surface area (Å²) in [6, 6.07) is 1.53. The summed E-state index contributed by atoms with van der Waals surface area (Å²) in [5.41, 5.74) is -7.17. The highest BCUT2D eigenvalue weighted by Crippen LogP contribution is 2.67. The van der Waals surface area contributed by atoms with Crippen molar-refractivity contribution in [1.82, 2.24) is 0 Å². The van der Waals surface area contributed by atoms with E-state index in [-0.39, 0.29) is 22.5 Å². The van der Waals surface area contributed by atoms with Crippen molar-refractivity contribution in [2.24, 2.45) is 34.5 Å². The molecule has 0 saturated heterocycles. The third kappa shape index (κ3) is 3.48. The minimum atomic E-state index is -3.04. The molecule has 0 radical (unpaired) electrons. The Morgan fingerprint density at radius 2 is 1.54 bits per heavy atom. The summed E-state index contributed by atoms with van der Waals surface area (Å²) >= 11 is 0. The number of rotatable bonds is 3. The van der Waals surface area contributed by atoms with Crippen molar-refractivity contribution < 1.29 is 44.1 Å². The number of carbonyl (C=O) groups is 6. The van der Waals surface area contributed by atoms with E-state index in [1.165, 1.54) is 26.8 Å². The van der Waals surface area contributed by atoms with Crippen molar-refractivity contribution in [1.29, 1.82) is 0 Å². The van der Waals surface area contributed by atoms with Crippen LogP contribution in [0.5, 0.6) is 5.75 Å². The number of ketones is 6. The summed E-state index contributed by atoms with van der Waals surface area (Å²) in [6.07, 6.45) is -1.78. The van der Waals surface area contributed by atoms with E-state index in [1.807, 2.05) is 0 Å². The number of phenolic OH excluding ortho intramolecular Hbond substituents is 1. The number of fused-ring (bicyclic) bond motifs is 3. The predicted octanol–water partition coefficient (Wildman–Crippen LogP) is 3.12. The van der Waals surface area contributed by atoms with Crippen LogP contribution >= 0.6 is 0 Å². The fourth-order valence-corrected chi connectivity index (χ4v) is 8.35. The Bertz CT molecular complexity index is 1450. The topological polar surface area (TPSA) is 163 Å². The van der Waals surface area contributed by atoms with Crippen molar-refractivity contribution in [3.8, 4) is 5.75 Å². The number of phenols is 1. The molecule has 3 aliphatic rings. The first-order valence-corrected chi connectivity index (χ1v) is 14.0. The Kier molecular flexibility index (Phi) is 6.77. The van der Waals surface area contributed by atoms with E-state index in [1.54, 1.807) is 41.5 Å². The first kappa shape index (κ1) is 30.9. The lowest BCUT2D eigenvalue weighted by molar-refractivity contribution is -0.240. The monoisotopic (exact) mass is 568 g/mol. The minimum absolute atomic E-state index is 0.154. The highest BCUT2D eigenvalue weighted by atomic mass is 16.3. The van der Waals surface area contributed by atoms with E-state index in [9.17, 15) is 44.1 Å². The second-order valence-corrected chi connectivity index (χ2v) is 14.1. The number of aliphatic hydroxyl groups excluding tert-OH is 1. The van der Waals surface area contributed by atoms with Gasteiger partial charge >= 0.3 is 0 Å². The molecule has 0 heterocycles. The fourth-order valence-electron chi connectivity index (χ4n) is 8.35. The number of hydrogen-bond donors (Lipinski definition) is 3. The Hall–Kier alpha value is -3.04. The smallest absolute Gasteiger partial charge is 0.191 e. The first-order chi connectivity index (χ1) is 18.5. The van der Waals surface area contributed by atoms with E-state index < -0.39 is 92.2 Å². The Morgan fingerprint density at radius 1 is 1.00 bits per heavy atom. The predicted molar refractivity (Wildman–Crippen MR) is 148 cm³/mol. The zero-order valence-electron chi connectivity index (χ0n) is 25.3. The average molecular weight is 569 g/mol. The zero-order chi connectivity index (χ0) is 31.5. The van der Waals surface area contributed by atoms with Crippen molar-refractivity contribution in [2.45, 2.75) is 92.3 Å². The van der Waals surface area contributed by atoms with Crippen LogP contribution < -0.4 is 0 Å². The van der Waals surface area contributed by atoms with Gasteiger partial charge in [-0.1, -0.05) is 55.4 Å². The highest BCUT2D eigenvalue weighted by Gasteiger charge is 2.80. The average Bonchev–Trinajstić information content (AvgIpc) is 2.82. The molecule has 1 aromatic carbocycles. The third-order valence-electron chi connectivity index (χ3n) is 10.5. The second-order valence-electron chi connectivity index (χ2n) is 14.1. The van der Waals surface area contributed by atoms with Gasteiger partial charge in [-0.3, -0.25) is 28.8 Å². The zero-order valence-corrected chi connectivity index (χ0v) is 25.3. The largest absolute Gasteiger partial charge is 0.507 e. The lowest BCUT2D eigenvalue weighted by Gasteiger charge is -2.65. The van der Waals surface area contributed by atoms with Crippen LogP contribution in [0.25, 0.3) is 0 Å². The maximum atomic E-state index is 14.5. The lowest BCUT2D eigenvalue weighted by atomic mass is 9.37. The van der Waals surface area contributed by atoms with Crippen molar-refractivity contribution in [3.05, 3.63) is 28.3 Å². The van der Waals surface area contributed by atoms with Gasteiger partial charge in [0.1, 0.15) is 17.5 Å². The van der Waals surface area contributed by atoms with Gasteiger partial charge in [0.15, 0.2) is 34.5 Å². The summed E-state index contributed by atoms with van der Waals surface area (Å²) in [7, 11) is 0. The van der Waals surface area contributed by atoms with Crippen LogP contribution in [-0.4, -0.2) is 61.7 Å². The van der Waals surface area contributed by atoms with E-state index in [2.05, 4.69) is 0 Å². The molecular weight excluding hydrogens is 528 g/mol.